The van der Waals surface area contributed by atoms with E-state index < -0.39 is 0 Å². The Bertz CT molecular complexity index is 309. The third-order valence-electron chi connectivity index (χ3n) is 1.38. The fraction of sp³-hybridized carbons (Fsp3) is 0.444. The lowest BCUT2D eigenvalue weighted by molar-refractivity contribution is 0.0188. The topological polar surface area (TPSA) is 51.5 Å². The maximum atomic E-state index is 11.3. The van der Waals surface area contributed by atoms with Crippen LogP contribution in [0.2, 0.25) is 0 Å². The molecule has 0 aliphatic heterocycles. The second-order valence-corrected chi connectivity index (χ2v) is 4.02. The van der Waals surface area contributed by atoms with Crippen molar-refractivity contribution in [2.24, 2.45) is 5.92 Å². The summed E-state index contributed by atoms with van der Waals surface area (Å²) in [6.45, 7) is 4.47. The molecule has 14 heavy (non-hydrogen) atoms. The fourth-order valence-electron chi connectivity index (χ4n) is 0.761. The van der Waals surface area contributed by atoms with Crippen LogP contribution >= 0.6 is 15.9 Å². The second kappa shape index (κ2) is 5.17. The van der Waals surface area contributed by atoms with Crippen LogP contribution in [0, 0.1) is 5.92 Å². The Morgan fingerprint density at radius 1 is 1.64 bits per heavy atom. The summed E-state index contributed by atoms with van der Waals surface area (Å²) < 4.78 is 5.55. The summed E-state index contributed by atoms with van der Waals surface area (Å²) in [4.78, 5) is 16.2. The summed E-state index contributed by atoms with van der Waals surface area (Å²) in [5.41, 5.74) is 2.29. The van der Waals surface area contributed by atoms with E-state index in [0.717, 1.165) is 0 Å². The van der Waals surface area contributed by atoms with Crippen LogP contribution in [0.4, 0.5) is 0 Å². The lowest BCUT2D eigenvalue weighted by Gasteiger charge is -2.05. The molecular weight excluding hydrogens is 250 g/mol. The Morgan fingerprint density at radius 2 is 2.36 bits per heavy atom. The van der Waals surface area contributed by atoms with Gasteiger partial charge in [-0.15, -0.1) is 0 Å². The van der Waals surface area contributed by atoms with Gasteiger partial charge in [0, 0.05) is 0 Å². The van der Waals surface area contributed by atoms with Gasteiger partial charge >= 0.3 is 5.91 Å². The molecule has 0 spiro atoms. The molecule has 0 fully saturated rings. The largest absolute Gasteiger partial charge is 0.444 e. The second-order valence-electron chi connectivity index (χ2n) is 3.24. The van der Waals surface area contributed by atoms with E-state index in [9.17, 15) is 4.79 Å². The van der Waals surface area contributed by atoms with Crippen molar-refractivity contribution in [2.45, 2.75) is 13.8 Å². The first-order chi connectivity index (χ1) is 6.59. The van der Waals surface area contributed by atoms with Gasteiger partial charge in [-0.25, -0.2) is 5.48 Å². The number of hydroxylamine groups is 1. The van der Waals surface area contributed by atoms with E-state index in [4.69, 9.17) is 9.25 Å². The molecule has 1 aromatic rings. The van der Waals surface area contributed by atoms with Gasteiger partial charge < -0.3 is 4.42 Å². The Labute approximate surface area is 90.7 Å². The maximum Gasteiger partial charge on any atom is 0.310 e. The van der Waals surface area contributed by atoms with Crippen LogP contribution in [0.1, 0.15) is 24.4 Å². The molecule has 0 radical (unpaired) electrons. The van der Waals surface area contributed by atoms with Crippen molar-refractivity contribution >= 4 is 21.8 Å². The van der Waals surface area contributed by atoms with Crippen molar-refractivity contribution in [3.63, 3.8) is 0 Å². The molecule has 0 atom stereocenters. The molecule has 5 heteroatoms. The van der Waals surface area contributed by atoms with E-state index in [1.54, 1.807) is 12.1 Å². The zero-order chi connectivity index (χ0) is 10.6. The van der Waals surface area contributed by atoms with E-state index in [1.807, 2.05) is 13.8 Å². The highest BCUT2D eigenvalue weighted by Gasteiger charge is 2.09. The number of nitrogens with one attached hydrogen (secondary N) is 1. The van der Waals surface area contributed by atoms with Crippen molar-refractivity contribution in [3.05, 3.63) is 22.6 Å². The van der Waals surface area contributed by atoms with Gasteiger partial charge in [0.2, 0.25) is 0 Å². The van der Waals surface area contributed by atoms with Gasteiger partial charge in [-0.2, -0.15) is 0 Å². The zero-order valence-corrected chi connectivity index (χ0v) is 9.63. The number of amides is 1. The normalized spacial score (nSPS) is 10.6. The molecular formula is C9H12BrNO3. The minimum Gasteiger partial charge on any atom is -0.444 e. The van der Waals surface area contributed by atoms with Crippen LogP contribution in [0.3, 0.4) is 0 Å². The average Bonchev–Trinajstić information content (AvgIpc) is 2.51. The van der Waals surface area contributed by atoms with Crippen LogP contribution in [0.25, 0.3) is 0 Å². The van der Waals surface area contributed by atoms with Crippen LogP contribution in [0.5, 0.6) is 0 Å². The number of halogens is 1. The van der Waals surface area contributed by atoms with Crippen molar-refractivity contribution < 1.29 is 14.0 Å². The van der Waals surface area contributed by atoms with Crippen LogP contribution in [0.15, 0.2) is 21.2 Å². The highest BCUT2D eigenvalue weighted by Crippen LogP contribution is 2.13. The van der Waals surface area contributed by atoms with E-state index in [-0.39, 0.29) is 11.7 Å². The summed E-state index contributed by atoms with van der Waals surface area (Å²) in [5, 5.41) is 0. The molecule has 4 nitrogen and oxygen atoms in total. The molecule has 1 aromatic heterocycles. The molecule has 0 aromatic carbocycles. The van der Waals surface area contributed by atoms with Gasteiger partial charge in [-0.3, -0.25) is 9.63 Å². The summed E-state index contributed by atoms with van der Waals surface area (Å²) in [6, 6.07) is 3.22. The monoisotopic (exact) mass is 261 g/mol. The number of carbonyl (C=O) groups excluding carboxylic acids is 1. The Kier molecular flexibility index (Phi) is 4.16. The number of furan rings is 1. The van der Waals surface area contributed by atoms with Gasteiger partial charge in [-0.05, 0) is 34.0 Å². The average molecular weight is 262 g/mol. The molecule has 1 rings (SSSR count). The third-order valence-corrected chi connectivity index (χ3v) is 1.80. The lowest BCUT2D eigenvalue weighted by atomic mass is 10.2. The molecule has 78 valence electrons. The Hall–Kier alpha value is -0.810. The third kappa shape index (κ3) is 3.51. The number of rotatable bonds is 4. The SMILES string of the molecule is CC(C)CONC(=O)c1ccc(Br)o1. The molecule has 0 bridgehead atoms. The van der Waals surface area contributed by atoms with E-state index in [0.29, 0.717) is 17.2 Å². The molecule has 0 aliphatic carbocycles. The molecule has 0 unspecified atom stereocenters. The van der Waals surface area contributed by atoms with Gasteiger partial charge in [0.15, 0.2) is 10.4 Å². The van der Waals surface area contributed by atoms with Crippen molar-refractivity contribution in [3.8, 4) is 0 Å². The molecule has 0 saturated carbocycles. The van der Waals surface area contributed by atoms with Crippen LogP contribution in [-0.4, -0.2) is 12.5 Å². The van der Waals surface area contributed by atoms with E-state index in [2.05, 4.69) is 21.4 Å². The summed E-state index contributed by atoms with van der Waals surface area (Å²) in [7, 11) is 0. The highest BCUT2D eigenvalue weighted by molar-refractivity contribution is 9.10. The van der Waals surface area contributed by atoms with Gasteiger partial charge in [0.1, 0.15) is 0 Å². The Morgan fingerprint density at radius 3 is 2.86 bits per heavy atom. The zero-order valence-electron chi connectivity index (χ0n) is 8.04. The molecule has 0 saturated heterocycles. The summed E-state index contributed by atoms with van der Waals surface area (Å²) in [5.74, 6) is 0.218. The number of carbonyl (C=O) groups is 1. The predicted octanol–water partition coefficient (Wildman–Crippen LogP) is 2.36. The first-order valence-electron chi connectivity index (χ1n) is 4.27. The van der Waals surface area contributed by atoms with Crippen LogP contribution < -0.4 is 5.48 Å². The summed E-state index contributed by atoms with van der Waals surface area (Å²) >= 11 is 3.10. The number of hydrogen-bond donors (Lipinski definition) is 1. The minimum absolute atomic E-state index is 0.223. The van der Waals surface area contributed by atoms with Crippen molar-refractivity contribution in [1.82, 2.24) is 5.48 Å². The maximum absolute atomic E-state index is 11.3. The van der Waals surface area contributed by atoms with Gasteiger partial charge in [0.05, 0.1) is 6.61 Å². The standard InChI is InChI=1S/C9H12BrNO3/c1-6(2)5-13-11-9(12)7-3-4-8(10)14-7/h3-4,6H,5H2,1-2H3,(H,11,12). The fourth-order valence-corrected chi connectivity index (χ4v) is 1.07. The van der Waals surface area contributed by atoms with E-state index >= 15 is 0 Å². The lowest BCUT2D eigenvalue weighted by Crippen LogP contribution is -2.25. The van der Waals surface area contributed by atoms with Gasteiger partial charge in [0.25, 0.3) is 0 Å². The number of hydrogen-bond acceptors (Lipinski definition) is 3. The Balaban J connectivity index is 2.36. The molecule has 1 amide bonds. The molecule has 1 N–H and O–H groups in total. The van der Waals surface area contributed by atoms with Gasteiger partial charge in [-0.1, -0.05) is 13.8 Å². The minimum atomic E-state index is -0.378. The predicted molar refractivity (Wildman–Crippen MR) is 54.7 cm³/mol. The first-order valence-corrected chi connectivity index (χ1v) is 5.06. The van der Waals surface area contributed by atoms with Crippen LogP contribution in [-0.2, 0) is 4.84 Å². The van der Waals surface area contributed by atoms with Crippen molar-refractivity contribution in [2.75, 3.05) is 6.61 Å². The smallest absolute Gasteiger partial charge is 0.310 e. The summed E-state index contributed by atoms with van der Waals surface area (Å²) in [6.07, 6.45) is 0. The highest BCUT2D eigenvalue weighted by atomic mass is 79.9. The van der Waals surface area contributed by atoms with Crippen molar-refractivity contribution in [1.29, 1.82) is 0 Å². The molecule has 1 heterocycles. The first kappa shape index (κ1) is 11.3. The molecule has 0 aliphatic rings. The van der Waals surface area contributed by atoms with E-state index in [1.165, 1.54) is 0 Å². The quantitative estimate of drug-likeness (QED) is 0.847.